The molecule has 0 bridgehead atoms. The molecule has 1 unspecified atom stereocenters. The summed E-state index contributed by atoms with van der Waals surface area (Å²) in [4.78, 5) is 17.5. The SMILES string of the molecule is CC(CNc1ncnc2nc[nH]c12)N(C)C. The van der Waals surface area contributed by atoms with E-state index in [0.717, 1.165) is 17.9 Å². The number of aromatic amines is 1. The van der Waals surface area contributed by atoms with Crippen LogP contribution in [0, 0.1) is 0 Å². The molecule has 1 atom stereocenters. The van der Waals surface area contributed by atoms with Crippen molar-refractivity contribution in [2.75, 3.05) is 26.0 Å². The smallest absolute Gasteiger partial charge is 0.182 e. The molecule has 0 aliphatic heterocycles. The zero-order valence-electron chi connectivity index (χ0n) is 9.73. The maximum atomic E-state index is 4.20. The van der Waals surface area contributed by atoms with Crippen LogP contribution in [-0.2, 0) is 0 Å². The van der Waals surface area contributed by atoms with E-state index in [-0.39, 0.29) is 0 Å². The molecule has 0 saturated carbocycles. The number of nitrogens with zero attached hydrogens (tertiary/aromatic N) is 4. The lowest BCUT2D eigenvalue weighted by Crippen LogP contribution is -2.31. The number of likely N-dealkylation sites (N-methyl/N-ethyl adjacent to an activating group) is 1. The van der Waals surface area contributed by atoms with Crippen LogP contribution >= 0.6 is 0 Å². The Kier molecular flexibility index (Phi) is 3.00. The quantitative estimate of drug-likeness (QED) is 0.794. The van der Waals surface area contributed by atoms with Gasteiger partial charge in [-0.25, -0.2) is 15.0 Å². The van der Waals surface area contributed by atoms with Crippen LogP contribution in [0.1, 0.15) is 6.92 Å². The standard InChI is InChI=1S/C10H16N6/c1-7(16(2)3)4-11-9-8-10(13-5-12-8)15-6-14-9/h5-7H,4H2,1-3H3,(H2,11,12,13,14,15). The van der Waals surface area contributed by atoms with Gasteiger partial charge in [0.15, 0.2) is 11.5 Å². The highest BCUT2D eigenvalue weighted by Crippen LogP contribution is 2.14. The molecule has 2 N–H and O–H groups in total. The van der Waals surface area contributed by atoms with Gasteiger partial charge in [0.2, 0.25) is 0 Å². The van der Waals surface area contributed by atoms with Crippen molar-refractivity contribution >= 4 is 17.0 Å². The molecule has 0 aliphatic rings. The third-order valence-corrected chi connectivity index (χ3v) is 2.67. The van der Waals surface area contributed by atoms with Gasteiger partial charge >= 0.3 is 0 Å². The van der Waals surface area contributed by atoms with E-state index >= 15 is 0 Å². The number of imidazole rings is 1. The first-order valence-corrected chi connectivity index (χ1v) is 5.23. The fraction of sp³-hybridized carbons (Fsp3) is 0.500. The van der Waals surface area contributed by atoms with Gasteiger partial charge in [0.1, 0.15) is 11.8 Å². The molecule has 0 spiro atoms. The Morgan fingerprint density at radius 1 is 1.38 bits per heavy atom. The molecule has 6 heteroatoms. The van der Waals surface area contributed by atoms with Gasteiger partial charge < -0.3 is 15.2 Å². The molecule has 2 aromatic heterocycles. The van der Waals surface area contributed by atoms with E-state index < -0.39 is 0 Å². The number of hydrogen-bond donors (Lipinski definition) is 2. The van der Waals surface area contributed by atoms with Crippen molar-refractivity contribution in [3.05, 3.63) is 12.7 Å². The van der Waals surface area contributed by atoms with E-state index in [1.807, 2.05) is 0 Å². The van der Waals surface area contributed by atoms with Gasteiger partial charge in [-0.05, 0) is 21.0 Å². The van der Waals surface area contributed by atoms with Crippen molar-refractivity contribution in [3.63, 3.8) is 0 Å². The van der Waals surface area contributed by atoms with Crippen LogP contribution in [-0.4, -0.2) is 51.5 Å². The van der Waals surface area contributed by atoms with E-state index in [0.29, 0.717) is 11.7 Å². The van der Waals surface area contributed by atoms with E-state index in [2.05, 4.69) is 51.2 Å². The molecule has 0 saturated heterocycles. The zero-order chi connectivity index (χ0) is 11.5. The van der Waals surface area contributed by atoms with Gasteiger partial charge in [-0.1, -0.05) is 0 Å². The molecule has 86 valence electrons. The van der Waals surface area contributed by atoms with E-state index in [1.165, 1.54) is 6.33 Å². The van der Waals surface area contributed by atoms with Crippen LogP contribution in [0.25, 0.3) is 11.2 Å². The van der Waals surface area contributed by atoms with Gasteiger partial charge in [0, 0.05) is 12.6 Å². The minimum Gasteiger partial charge on any atom is -0.367 e. The molecule has 16 heavy (non-hydrogen) atoms. The number of rotatable bonds is 4. The third kappa shape index (κ3) is 2.11. The largest absolute Gasteiger partial charge is 0.367 e. The van der Waals surface area contributed by atoms with Crippen LogP contribution in [0.3, 0.4) is 0 Å². The number of aromatic nitrogens is 4. The number of anilines is 1. The molecule has 0 aliphatic carbocycles. The first kappa shape index (κ1) is 10.8. The molecule has 0 amide bonds. The average molecular weight is 220 g/mol. The maximum absolute atomic E-state index is 4.20. The van der Waals surface area contributed by atoms with Gasteiger partial charge in [-0.2, -0.15) is 0 Å². The summed E-state index contributed by atoms with van der Waals surface area (Å²) >= 11 is 0. The molecule has 2 aromatic rings. The summed E-state index contributed by atoms with van der Waals surface area (Å²) in [6.07, 6.45) is 3.14. The van der Waals surface area contributed by atoms with Gasteiger partial charge in [-0.15, -0.1) is 0 Å². The molecule has 0 aromatic carbocycles. The summed E-state index contributed by atoms with van der Waals surface area (Å²) in [5.41, 5.74) is 1.54. The van der Waals surface area contributed by atoms with E-state index in [9.17, 15) is 0 Å². The summed E-state index contributed by atoms with van der Waals surface area (Å²) in [6.45, 7) is 2.98. The normalized spacial score (nSPS) is 13.2. The molecule has 6 nitrogen and oxygen atoms in total. The maximum Gasteiger partial charge on any atom is 0.182 e. The second kappa shape index (κ2) is 4.44. The van der Waals surface area contributed by atoms with E-state index in [4.69, 9.17) is 0 Å². The molecular formula is C10H16N6. The molecule has 2 rings (SSSR count). The Labute approximate surface area is 94.1 Å². The zero-order valence-corrected chi connectivity index (χ0v) is 9.73. The Balaban J connectivity index is 2.12. The first-order valence-electron chi connectivity index (χ1n) is 5.23. The first-order chi connectivity index (χ1) is 7.68. The van der Waals surface area contributed by atoms with Crippen molar-refractivity contribution in [1.29, 1.82) is 0 Å². The fourth-order valence-corrected chi connectivity index (χ4v) is 1.33. The van der Waals surface area contributed by atoms with Crippen LogP contribution < -0.4 is 5.32 Å². The number of fused-ring (bicyclic) bond motifs is 1. The lowest BCUT2D eigenvalue weighted by Gasteiger charge is -2.20. The summed E-state index contributed by atoms with van der Waals surface area (Å²) < 4.78 is 0. The molecule has 2 heterocycles. The lowest BCUT2D eigenvalue weighted by molar-refractivity contribution is 0.326. The number of nitrogens with one attached hydrogen (secondary N) is 2. The molecule has 0 radical (unpaired) electrons. The van der Waals surface area contributed by atoms with Gasteiger partial charge in [0.25, 0.3) is 0 Å². The predicted molar refractivity (Wildman–Crippen MR) is 63.3 cm³/mol. The topological polar surface area (TPSA) is 69.7 Å². The number of H-pyrrole nitrogens is 1. The van der Waals surface area contributed by atoms with Crippen molar-refractivity contribution in [2.45, 2.75) is 13.0 Å². The number of hydrogen-bond acceptors (Lipinski definition) is 5. The summed E-state index contributed by atoms with van der Waals surface area (Å²) in [5, 5.41) is 3.29. The highest BCUT2D eigenvalue weighted by atomic mass is 15.1. The summed E-state index contributed by atoms with van der Waals surface area (Å²) in [6, 6.07) is 0.438. The fourth-order valence-electron chi connectivity index (χ4n) is 1.33. The highest BCUT2D eigenvalue weighted by Gasteiger charge is 2.08. The Morgan fingerprint density at radius 2 is 2.19 bits per heavy atom. The van der Waals surface area contributed by atoms with Crippen LogP contribution in [0.5, 0.6) is 0 Å². The van der Waals surface area contributed by atoms with Crippen molar-refractivity contribution < 1.29 is 0 Å². The summed E-state index contributed by atoms with van der Waals surface area (Å²) in [7, 11) is 4.11. The van der Waals surface area contributed by atoms with Gasteiger partial charge in [0.05, 0.1) is 6.33 Å². The van der Waals surface area contributed by atoms with Crippen molar-refractivity contribution in [2.24, 2.45) is 0 Å². The molecule has 0 fully saturated rings. The monoisotopic (exact) mass is 220 g/mol. The minimum atomic E-state index is 0.438. The van der Waals surface area contributed by atoms with Crippen LogP contribution in [0.15, 0.2) is 12.7 Å². The van der Waals surface area contributed by atoms with Crippen molar-refractivity contribution in [1.82, 2.24) is 24.8 Å². The molecular weight excluding hydrogens is 204 g/mol. The second-order valence-electron chi connectivity index (χ2n) is 4.02. The lowest BCUT2D eigenvalue weighted by atomic mass is 10.3. The Hall–Kier alpha value is -1.69. The van der Waals surface area contributed by atoms with Crippen molar-refractivity contribution in [3.8, 4) is 0 Å². The van der Waals surface area contributed by atoms with E-state index in [1.54, 1.807) is 6.33 Å². The Bertz CT molecular complexity index is 463. The third-order valence-electron chi connectivity index (χ3n) is 2.67. The highest BCUT2D eigenvalue weighted by molar-refractivity contribution is 5.81. The predicted octanol–water partition coefficient (Wildman–Crippen LogP) is 0.715. The minimum absolute atomic E-state index is 0.438. The summed E-state index contributed by atoms with van der Waals surface area (Å²) in [5.74, 6) is 0.802. The Morgan fingerprint density at radius 3 is 2.94 bits per heavy atom. The average Bonchev–Trinajstić information content (AvgIpc) is 2.73. The van der Waals surface area contributed by atoms with Gasteiger partial charge in [-0.3, -0.25) is 0 Å². The van der Waals surface area contributed by atoms with Crippen LogP contribution in [0.2, 0.25) is 0 Å². The van der Waals surface area contributed by atoms with Crippen LogP contribution in [0.4, 0.5) is 5.82 Å². The second-order valence-corrected chi connectivity index (χ2v) is 4.02.